The zero-order valence-corrected chi connectivity index (χ0v) is 14.4. The molecular weight excluding hydrogens is 363 g/mol. The number of benzene rings is 2. The van der Waals surface area contributed by atoms with Crippen molar-refractivity contribution < 1.29 is 32.6 Å². The van der Waals surface area contributed by atoms with Gasteiger partial charge in [0.15, 0.2) is 6.10 Å². The zero-order valence-electron chi connectivity index (χ0n) is 14.4. The fourth-order valence-corrected chi connectivity index (χ4v) is 2.56. The number of carbonyl (C=O) groups is 2. The van der Waals surface area contributed by atoms with Crippen LogP contribution >= 0.6 is 0 Å². The summed E-state index contributed by atoms with van der Waals surface area (Å²) in [7, 11) is 0.944. The predicted octanol–water partition coefficient (Wildman–Crippen LogP) is 3.36. The SMILES string of the molecule is COC(c1ccc(C(=O)N[C@@H](Cc2ccccc2)C(=O)O)cc1)C(F)(F)F. The van der Waals surface area contributed by atoms with Crippen LogP contribution in [0.15, 0.2) is 54.6 Å². The standard InChI is InChI=1S/C19H18F3NO4/c1-27-16(19(20,21)22)13-7-9-14(10-8-13)17(24)23-15(18(25)26)11-12-5-3-2-4-6-12/h2-10,15-16H,11H2,1H3,(H,23,24)(H,25,26)/t15-,16?/m0/s1. The van der Waals surface area contributed by atoms with Gasteiger partial charge in [0, 0.05) is 19.1 Å². The van der Waals surface area contributed by atoms with Crippen molar-refractivity contribution in [2.75, 3.05) is 7.11 Å². The lowest BCUT2D eigenvalue weighted by Gasteiger charge is -2.19. The number of carboxylic acids is 1. The van der Waals surface area contributed by atoms with Crippen LogP contribution in [0.4, 0.5) is 13.2 Å². The molecule has 0 aliphatic rings. The molecule has 0 bridgehead atoms. The lowest BCUT2D eigenvalue weighted by molar-refractivity contribution is -0.215. The quantitative estimate of drug-likeness (QED) is 0.771. The van der Waals surface area contributed by atoms with Crippen LogP contribution in [-0.2, 0) is 16.0 Å². The average molecular weight is 381 g/mol. The van der Waals surface area contributed by atoms with E-state index in [2.05, 4.69) is 10.1 Å². The van der Waals surface area contributed by atoms with E-state index in [1.807, 2.05) is 0 Å². The zero-order chi connectivity index (χ0) is 20.0. The van der Waals surface area contributed by atoms with Gasteiger partial charge in [0.05, 0.1) is 0 Å². The highest BCUT2D eigenvalue weighted by Crippen LogP contribution is 2.35. The highest BCUT2D eigenvalue weighted by atomic mass is 19.4. The summed E-state index contributed by atoms with van der Waals surface area (Å²) < 4.78 is 43.1. The van der Waals surface area contributed by atoms with Crippen LogP contribution in [0, 0.1) is 0 Å². The molecule has 0 fully saturated rings. The van der Waals surface area contributed by atoms with Crippen LogP contribution in [0.1, 0.15) is 27.6 Å². The van der Waals surface area contributed by atoms with Crippen molar-refractivity contribution in [3.8, 4) is 0 Å². The number of aliphatic carboxylic acids is 1. The maximum absolute atomic E-state index is 12.9. The molecule has 0 aliphatic heterocycles. The normalized spacial score (nSPS) is 13.6. The third kappa shape index (κ3) is 5.55. The van der Waals surface area contributed by atoms with Gasteiger partial charge in [-0.1, -0.05) is 42.5 Å². The molecule has 1 amide bonds. The highest BCUT2D eigenvalue weighted by Gasteiger charge is 2.41. The predicted molar refractivity (Wildman–Crippen MR) is 91.3 cm³/mol. The fraction of sp³-hybridized carbons (Fsp3) is 0.263. The first-order valence-corrected chi connectivity index (χ1v) is 7.99. The number of halogens is 3. The topological polar surface area (TPSA) is 75.6 Å². The molecule has 8 heteroatoms. The maximum atomic E-state index is 12.9. The number of hydrogen-bond acceptors (Lipinski definition) is 3. The second kappa shape index (κ2) is 8.68. The molecule has 0 saturated heterocycles. The van der Waals surface area contributed by atoms with Crippen LogP contribution in [0.3, 0.4) is 0 Å². The number of carboxylic acid groups (broad SMARTS) is 1. The molecule has 0 heterocycles. The van der Waals surface area contributed by atoms with Gasteiger partial charge in [-0.25, -0.2) is 4.79 Å². The highest BCUT2D eigenvalue weighted by molar-refractivity contribution is 5.96. The lowest BCUT2D eigenvalue weighted by atomic mass is 10.0. The molecule has 144 valence electrons. The van der Waals surface area contributed by atoms with E-state index in [1.54, 1.807) is 30.3 Å². The third-order valence-electron chi connectivity index (χ3n) is 3.89. The number of ether oxygens (including phenoxy) is 1. The molecule has 0 aliphatic carbocycles. The summed E-state index contributed by atoms with van der Waals surface area (Å²) in [4.78, 5) is 23.7. The summed E-state index contributed by atoms with van der Waals surface area (Å²) >= 11 is 0. The molecule has 2 aromatic rings. The number of rotatable bonds is 7. The first-order chi connectivity index (χ1) is 12.7. The minimum absolute atomic E-state index is 0.0510. The number of nitrogens with one attached hydrogen (secondary N) is 1. The van der Waals surface area contributed by atoms with Crippen molar-refractivity contribution in [1.29, 1.82) is 0 Å². The van der Waals surface area contributed by atoms with Gasteiger partial charge in [-0.15, -0.1) is 0 Å². The maximum Gasteiger partial charge on any atom is 0.418 e. The molecule has 5 nitrogen and oxygen atoms in total. The van der Waals surface area contributed by atoms with E-state index in [4.69, 9.17) is 0 Å². The Morgan fingerprint density at radius 1 is 1.07 bits per heavy atom. The van der Waals surface area contributed by atoms with Gasteiger partial charge in [-0.05, 0) is 23.3 Å². The minimum atomic E-state index is -4.58. The van der Waals surface area contributed by atoms with Crippen LogP contribution in [0.2, 0.25) is 0 Å². The van der Waals surface area contributed by atoms with E-state index in [0.717, 1.165) is 24.8 Å². The van der Waals surface area contributed by atoms with E-state index in [0.29, 0.717) is 0 Å². The molecule has 0 spiro atoms. The van der Waals surface area contributed by atoms with Crippen molar-refractivity contribution in [3.05, 3.63) is 71.3 Å². The number of amides is 1. The van der Waals surface area contributed by atoms with Crippen molar-refractivity contribution in [3.63, 3.8) is 0 Å². The summed E-state index contributed by atoms with van der Waals surface area (Å²) in [5.41, 5.74) is 0.629. The van der Waals surface area contributed by atoms with Gasteiger partial charge >= 0.3 is 12.1 Å². The van der Waals surface area contributed by atoms with Crippen LogP contribution in [0.5, 0.6) is 0 Å². The molecule has 27 heavy (non-hydrogen) atoms. The molecular formula is C19H18F3NO4. The molecule has 2 aromatic carbocycles. The van der Waals surface area contributed by atoms with Gasteiger partial charge in [0.25, 0.3) is 5.91 Å². The minimum Gasteiger partial charge on any atom is -0.480 e. The Labute approximate surface area is 153 Å². The number of methoxy groups -OCH3 is 1. The molecule has 2 atom stereocenters. The Bertz CT molecular complexity index is 776. The van der Waals surface area contributed by atoms with E-state index in [-0.39, 0.29) is 17.5 Å². The van der Waals surface area contributed by atoms with Gasteiger partial charge < -0.3 is 15.2 Å². The smallest absolute Gasteiger partial charge is 0.418 e. The van der Waals surface area contributed by atoms with Gasteiger partial charge in [-0.3, -0.25) is 4.79 Å². The van der Waals surface area contributed by atoms with E-state index in [1.165, 1.54) is 12.1 Å². The Kier molecular flexibility index (Phi) is 6.57. The molecule has 2 rings (SSSR count). The Balaban J connectivity index is 2.11. The lowest BCUT2D eigenvalue weighted by Crippen LogP contribution is -2.42. The largest absolute Gasteiger partial charge is 0.480 e. The molecule has 0 saturated carbocycles. The first-order valence-electron chi connectivity index (χ1n) is 7.99. The van der Waals surface area contributed by atoms with Crippen molar-refractivity contribution >= 4 is 11.9 Å². The van der Waals surface area contributed by atoms with Crippen molar-refractivity contribution in [1.82, 2.24) is 5.32 Å². The molecule has 1 unspecified atom stereocenters. The summed E-state index contributed by atoms with van der Waals surface area (Å²) in [6.07, 6.45) is -6.60. The number of carbonyl (C=O) groups excluding carboxylic acids is 1. The molecule has 0 radical (unpaired) electrons. The molecule has 2 N–H and O–H groups in total. The van der Waals surface area contributed by atoms with Gasteiger partial charge in [0.2, 0.25) is 0 Å². The van der Waals surface area contributed by atoms with Crippen molar-refractivity contribution in [2.45, 2.75) is 24.7 Å². The van der Waals surface area contributed by atoms with Crippen molar-refractivity contribution in [2.24, 2.45) is 0 Å². The monoisotopic (exact) mass is 381 g/mol. The summed E-state index contributed by atoms with van der Waals surface area (Å²) in [5, 5.41) is 11.7. The van der Waals surface area contributed by atoms with Crippen LogP contribution in [0.25, 0.3) is 0 Å². The fourth-order valence-electron chi connectivity index (χ4n) is 2.56. The molecule has 0 aromatic heterocycles. The second-order valence-electron chi connectivity index (χ2n) is 5.83. The number of alkyl halides is 3. The van der Waals surface area contributed by atoms with Gasteiger partial charge in [0.1, 0.15) is 6.04 Å². The second-order valence-corrected chi connectivity index (χ2v) is 5.83. The third-order valence-corrected chi connectivity index (χ3v) is 3.89. The summed E-state index contributed by atoms with van der Waals surface area (Å²) in [6, 6.07) is 12.2. The van der Waals surface area contributed by atoms with E-state index < -0.39 is 30.2 Å². The van der Waals surface area contributed by atoms with E-state index in [9.17, 15) is 27.9 Å². The van der Waals surface area contributed by atoms with Crippen LogP contribution in [-0.4, -0.2) is 36.3 Å². The Morgan fingerprint density at radius 3 is 2.15 bits per heavy atom. The Morgan fingerprint density at radius 2 is 1.67 bits per heavy atom. The summed E-state index contributed by atoms with van der Waals surface area (Å²) in [5.74, 6) is -1.90. The summed E-state index contributed by atoms with van der Waals surface area (Å²) in [6.45, 7) is 0. The number of hydrogen-bond donors (Lipinski definition) is 2. The Hall–Kier alpha value is -2.87. The average Bonchev–Trinajstić information content (AvgIpc) is 2.62. The van der Waals surface area contributed by atoms with Crippen LogP contribution < -0.4 is 5.32 Å². The van der Waals surface area contributed by atoms with E-state index >= 15 is 0 Å². The first kappa shape index (κ1) is 20.4. The van der Waals surface area contributed by atoms with Gasteiger partial charge in [-0.2, -0.15) is 13.2 Å².